The molecule has 0 bridgehead atoms. The molecule has 76 valence electrons. The lowest BCUT2D eigenvalue weighted by molar-refractivity contribution is 0.159. The van der Waals surface area contributed by atoms with Crippen molar-refractivity contribution in [3.05, 3.63) is 29.3 Å². The van der Waals surface area contributed by atoms with E-state index in [4.69, 9.17) is 10.6 Å². The molecular formula is C11H16N2O. The van der Waals surface area contributed by atoms with Crippen LogP contribution in [0.1, 0.15) is 25.0 Å². The first-order valence-corrected chi connectivity index (χ1v) is 4.68. The Bertz CT molecular complexity index is 345. The molecule has 0 heterocycles. The van der Waals surface area contributed by atoms with Crippen molar-refractivity contribution < 1.29 is 4.84 Å². The van der Waals surface area contributed by atoms with E-state index in [1.165, 1.54) is 0 Å². The van der Waals surface area contributed by atoms with Gasteiger partial charge in [-0.3, -0.25) is 0 Å². The Labute approximate surface area is 84.6 Å². The van der Waals surface area contributed by atoms with Crippen LogP contribution in [0.25, 0.3) is 0 Å². The van der Waals surface area contributed by atoms with Crippen LogP contribution in [0.3, 0.4) is 0 Å². The van der Waals surface area contributed by atoms with E-state index >= 15 is 0 Å². The first kappa shape index (κ1) is 10.6. The summed E-state index contributed by atoms with van der Waals surface area (Å²) in [5, 5.41) is 3.98. The second kappa shape index (κ2) is 4.65. The zero-order valence-corrected chi connectivity index (χ0v) is 8.87. The van der Waals surface area contributed by atoms with Gasteiger partial charge in [-0.25, -0.2) is 0 Å². The van der Waals surface area contributed by atoms with E-state index in [1.54, 1.807) is 0 Å². The number of hydrogen-bond donors (Lipinski definition) is 1. The lowest BCUT2D eigenvalue weighted by Crippen LogP contribution is -2.00. The van der Waals surface area contributed by atoms with Gasteiger partial charge in [0.1, 0.15) is 6.61 Å². The minimum absolute atomic E-state index is 0.589. The van der Waals surface area contributed by atoms with Crippen molar-refractivity contribution in [2.75, 3.05) is 12.3 Å². The third-order valence-corrected chi connectivity index (χ3v) is 1.97. The predicted molar refractivity (Wildman–Crippen MR) is 59.4 cm³/mol. The third-order valence-electron chi connectivity index (χ3n) is 1.97. The first-order valence-electron chi connectivity index (χ1n) is 4.68. The number of rotatable bonds is 3. The molecule has 0 radical (unpaired) electrons. The Morgan fingerprint density at radius 2 is 2.21 bits per heavy atom. The van der Waals surface area contributed by atoms with Gasteiger partial charge in [0.15, 0.2) is 0 Å². The van der Waals surface area contributed by atoms with Crippen LogP contribution in [-0.4, -0.2) is 12.3 Å². The summed E-state index contributed by atoms with van der Waals surface area (Å²) >= 11 is 0. The van der Waals surface area contributed by atoms with E-state index in [1.807, 2.05) is 39.0 Å². The lowest BCUT2D eigenvalue weighted by Gasteiger charge is -2.05. The fraction of sp³-hybridized carbons (Fsp3) is 0.364. The van der Waals surface area contributed by atoms with Crippen LogP contribution in [0.4, 0.5) is 5.69 Å². The lowest BCUT2D eigenvalue weighted by atomic mass is 10.0. The summed E-state index contributed by atoms with van der Waals surface area (Å²) in [6, 6.07) is 5.76. The maximum atomic E-state index is 5.66. The minimum Gasteiger partial charge on any atom is -0.399 e. The number of nitrogens with two attached hydrogens (primary N) is 1. The van der Waals surface area contributed by atoms with Crippen LogP contribution >= 0.6 is 0 Å². The van der Waals surface area contributed by atoms with E-state index in [0.717, 1.165) is 22.5 Å². The van der Waals surface area contributed by atoms with Gasteiger partial charge in [0.2, 0.25) is 0 Å². The van der Waals surface area contributed by atoms with E-state index in [0.29, 0.717) is 6.61 Å². The zero-order valence-electron chi connectivity index (χ0n) is 8.87. The van der Waals surface area contributed by atoms with Gasteiger partial charge in [-0.05, 0) is 38.5 Å². The van der Waals surface area contributed by atoms with E-state index in [-0.39, 0.29) is 0 Å². The van der Waals surface area contributed by atoms with Gasteiger partial charge in [0.25, 0.3) is 0 Å². The van der Waals surface area contributed by atoms with Crippen LogP contribution in [-0.2, 0) is 4.84 Å². The summed E-state index contributed by atoms with van der Waals surface area (Å²) in [6.45, 7) is 6.43. The molecule has 1 rings (SSSR count). The number of oxime groups is 1. The van der Waals surface area contributed by atoms with Gasteiger partial charge in [0, 0.05) is 11.3 Å². The third kappa shape index (κ3) is 2.49. The van der Waals surface area contributed by atoms with E-state index in [9.17, 15) is 0 Å². The Kier molecular flexibility index (Phi) is 3.51. The Morgan fingerprint density at radius 3 is 2.79 bits per heavy atom. The summed E-state index contributed by atoms with van der Waals surface area (Å²) in [4.78, 5) is 4.99. The second-order valence-corrected chi connectivity index (χ2v) is 3.17. The van der Waals surface area contributed by atoms with Crippen molar-refractivity contribution in [3.8, 4) is 0 Å². The molecule has 0 aromatic heterocycles. The minimum atomic E-state index is 0.589. The Morgan fingerprint density at radius 1 is 1.50 bits per heavy atom. The summed E-state index contributed by atoms with van der Waals surface area (Å²) in [7, 11) is 0. The monoisotopic (exact) mass is 192 g/mol. The summed E-state index contributed by atoms with van der Waals surface area (Å²) in [6.07, 6.45) is 0. The number of benzene rings is 1. The van der Waals surface area contributed by atoms with Crippen LogP contribution in [0.2, 0.25) is 0 Å². The van der Waals surface area contributed by atoms with Crippen molar-refractivity contribution >= 4 is 11.4 Å². The van der Waals surface area contributed by atoms with Crippen molar-refractivity contribution in [2.24, 2.45) is 5.16 Å². The second-order valence-electron chi connectivity index (χ2n) is 3.17. The molecule has 0 saturated heterocycles. The van der Waals surface area contributed by atoms with Crippen LogP contribution < -0.4 is 5.73 Å². The molecule has 14 heavy (non-hydrogen) atoms. The van der Waals surface area contributed by atoms with Gasteiger partial charge >= 0.3 is 0 Å². The molecule has 0 saturated carbocycles. The maximum absolute atomic E-state index is 5.66. The Hall–Kier alpha value is -1.51. The predicted octanol–water partition coefficient (Wildman–Crippen LogP) is 2.34. The van der Waals surface area contributed by atoms with Crippen molar-refractivity contribution in [3.63, 3.8) is 0 Å². The van der Waals surface area contributed by atoms with E-state index in [2.05, 4.69) is 5.16 Å². The van der Waals surface area contributed by atoms with Gasteiger partial charge in [0.05, 0.1) is 5.71 Å². The largest absolute Gasteiger partial charge is 0.399 e. The summed E-state index contributed by atoms with van der Waals surface area (Å²) in [5.74, 6) is 0. The van der Waals surface area contributed by atoms with Gasteiger partial charge in [-0.1, -0.05) is 11.2 Å². The molecule has 0 amide bonds. The summed E-state index contributed by atoms with van der Waals surface area (Å²) < 4.78 is 0. The molecule has 0 aliphatic heterocycles. The number of nitrogen functional groups attached to an aromatic ring is 1. The normalized spacial score (nSPS) is 11.5. The SMILES string of the molecule is CCO/N=C(/C)c1ccc(N)cc1C. The fourth-order valence-corrected chi connectivity index (χ4v) is 1.30. The topological polar surface area (TPSA) is 47.6 Å². The van der Waals surface area contributed by atoms with Crippen LogP contribution in [0.15, 0.2) is 23.4 Å². The molecule has 1 aromatic rings. The summed E-state index contributed by atoms with van der Waals surface area (Å²) in [5.41, 5.74) is 9.50. The molecule has 1 aromatic carbocycles. The van der Waals surface area contributed by atoms with Crippen molar-refractivity contribution in [1.82, 2.24) is 0 Å². The molecule has 2 N–H and O–H groups in total. The van der Waals surface area contributed by atoms with E-state index < -0.39 is 0 Å². The molecule has 0 atom stereocenters. The standard InChI is InChI=1S/C11H16N2O/c1-4-14-13-9(3)11-6-5-10(12)7-8(11)2/h5-7H,4,12H2,1-3H3/b13-9-. The molecule has 0 aliphatic rings. The zero-order chi connectivity index (χ0) is 10.6. The highest BCUT2D eigenvalue weighted by Gasteiger charge is 2.02. The number of nitrogens with zero attached hydrogens (tertiary/aromatic N) is 1. The highest BCUT2D eigenvalue weighted by atomic mass is 16.6. The average Bonchev–Trinajstić information content (AvgIpc) is 2.14. The van der Waals surface area contributed by atoms with Crippen LogP contribution in [0.5, 0.6) is 0 Å². The number of aryl methyl sites for hydroxylation is 1. The number of hydrogen-bond acceptors (Lipinski definition) is 3. The molecule has 0 aliphatic carbocycles. The van der Waals surface area contributed by atoms with Gasteiger partial charge < -0.3 is 10.6 Å². The molecule has 3 nitrogen and oxygen atoms in total. The van der Waals surface area contributed by atoms with Gasteiger partial charge in [-0.15, -0.1) is 0 Å². The van der Waals surface area contributed by atoms with Crippen molar-refractivity contribution in [1.29, 1.82) is 0 Å². The van der Waals surface area contributed by atoms with Crippen molar-refractivity contribution in [2.45, 2.75) is 20.8 Å². The fourth-order valence-electron chi connectivity index (χ4n) is 1.30. The molecule has 0 fully saturated rings. The van der Waals surface area contributed by atoms with Crippen LogP contribution in [0, 0.1) is 6.92 Å². The quantitative estimate of drug-likeness (QED) is 0.454. The van der Waals surface area contributed by atoms with Gasteiger partial charge in [-0.2, -0.15) is 0 Å². The maximum Gasteiger partial charge on any atom is 0.114 e. The first-order chi connectivity index (χ1) is 6.65. The smallest absolute Gasteiger partial charge is 0.114 e. The highest BCUT2D eigenvalue weighted by molar-refractivity contribution is 5.99. The molecule has 0 spiro atoms. The molecule has 0 unspecified atom stereocenters. The Balaban J connectivity index is 2.95. The average molecular weight is 192 g/mol. The highest BCUT2D eigenvalue weighted by Crippen LogP contribution is 2.13. The number of anilines is 1. The molecular weight excluding hydrogens is 176 g/mol. The molecule has 3 heteroatoms.